The molecule has 2 rings (SSSR count). The minimum Gasteiger partial charge on any atom is -0.305 e. The van der Waals surface area contributed by atoms with Gasteiger partial charge in [0, 0.05) is 11.6 Å². The molecule has 1 fully saturated rings. The lowest BCUT2D eigenvalue weighted by atomic mass is 9.94. The highest BCUT2D eigenvalue weighted by atomic mass is 15.0. The molecule has 1 saturated carbocycles. The second-order valence-electron chi connectivity index (χ2n) is 5.11. The van der Waals surface area contributed by atoms with Gasteiger partial charge in [0.1, 0.15) is 0 Å². The Bertz CT molecular complexity index is 201. The first-order chi connectivity index (χ1) is 6.18. The van der Waals surface area contributed by atoms with E-state index in [0.717, 1.165) is 5.92 Å². The Morgan fingerprint density at radius 2 is 2.00 bits per heavy atom. The Balaban J connectivity index is 1.88. The minimum atomic E-state index is 0.367. The molecule has 0 saturated heterocycles. The van der Waals surface area contributed by atoms with Gasteiger partial charge in [-0.2, -0.15) is 0 Å². The maximum Gasteiger partial charge on any atom is 0.0255 e. The summed E-state index contributed by atoms with van der Waals surface area (Å²) in [6.45, 7) is 4.71. The molecule has 0 aromatic rings. The summed E-state index contributed by atoms with van der Waals surface area (Å²) in [4.78, 5) is 0. The number of hydrogen-bond donors (Lipinski definition) is 1. The van der Waals surface area contributed by atoms with Gasteiger partial charge in [-0.3, -0.25) is 0 Å². The van der Waals surface area contributed by atoms with E-state index in [4.69, 9.17) is 0 Å². The van der Waals surface area contributed by atoms with Crippen molar-refractivity contribution < 1.29 is 0 Å². The standard InChI is InChI=1S/C12H21N/c1-12(2,10-8-9-10)13-11-6-4-3-5-7-11/h4,6,10-11,13H,3,5,7-9H2,1-2H3. The van der Waals surface area contributed by atoms with Crippen LogP contribution in [0.3, 0.4) is 0 Å². The third-order valence-electron chi connectivity index (χ3n) is 3.41. The molecule has 74 valence electrons. The van der Waals surface area contributed by atoms with Gasteiger partial charge in [0.2, 0.25) is 0 Å². The van der Waals surface area contributed by atoms with Crippen LogP contribution in [0.15, 0.2) is 12.2 Å². The number of hydrogen-bond acceptors (Lipinski definition) is 1. The molecular formula is C12H21N. The molecule has 0 radical (unpaired) electrons. The molecule has 0 amide bonds. The van der Waals surface area contributed by atoms with Crippen LogP contribution in [-0.4, -0.2) is 11.6 Å². The number of rotatable bonds is 3. The predicted octanol–water partition coefficient (Wildman–Crippen LogP) is 2.87. The second-order valence-corrected chi connectivity index (χ2v) is 5.11. The molecule has 0 bridgehead atoms. The second kappa shape index (κ2) is 3.45. The summed E-state index contributed by atoms with van der Waals surface area (Å²) in [5, 5.41) is 3.77. The van der Waals surface area contributed by atoms with Gasteiger partial charge in [0.25, 0.3) is 0 Å². The van der Waals surface area contributed by atoms with Gasteiger partial charge in [0.15, 0.2) is 0 Å². The van der Waals surface area contributed by atoms with Crippen molar-refractivity contribution in [2.24, 2.45) is 5.92 Å². The molecule has 1 nitrogen and oxygen atoms in total. The molecule has 0 heterocycles. The van der Waals surface area contributed by atoms with Crippen molar-refractivity contribution >= 4 is 0 Å². The Morgan fingerprint density at radius 1 is 1.23 bits per heavy atom. The van der Waals surface area contributed by atoms with E-state index in [1.165, 1.54) is 32.1 Å². The summed E-state index contributed by atoms with van der Waals surface area (Å²) in [5.74, 6) is 0.933. The van der Waals surface area contributed by atoms with Gasteiger partial charge in [-0.15, -0.1) is 0 Å². The normalized spacial score (nSPS) is 29.2. The average molecular weight is 179 g/mol. The lowest BCUT2D eigenvalue weighted by Gasteiger charge is -2.32. The summed E-state index contributed by atoms with van der Waals surface area (Å²) in [5.41, 5.74) is 0.367. The van der Waals surface area contributed by atoms with Gasteiger partial charge >= 0.3 is 0 Å². The number of allylic oxidation sites excluding steroid dienone is 1. The Hall–Kier alpha value is -0.300. The summed E-state index contributed by atoms with van der Waals surface area (Å²) >= 11 is 0. The van der Waals surface area contributed by atoms with Crippen LogP contribution in [0.25, 0.3) is 0 Å². The first-order valence-corrected chi connectivity index (χ1v) is 5.63. The monoisotopic (exact) mass is 179 g/mol. The summed E-state index contributed by atoms with van der Waals surface area (Å²) in [7, 11) is 0. The summed E-state index contributed by atoms with van der Waals surface area (Å²) in [6.07, 6.45) is 11.5. The van der Waals surface area contributed by atoms with Crippen LogP contribution in [-0.2, 0) is 0 Å². The highest BCUT2D eigenvalue weighted by Crippen LogP contribution is 2.39. The van der Waals surface area contributed by atoms with E-state index < -0.39 is 0 Å². The molecule has 1 unspecified atom stereocenters. The summed E-state index contributed by atoms with van der Waals surface area (Å²) in [6, 6.07) is 0.643. The van der Waals surface area contributed by atoms with Crippen molar-refractivity contribution in [1.29, 1.82) is 0 Å². The average Bonchev–Trinajstić information content (AvgIpc) is 2.87. The minimum absolute atomic E-state index is 0.367. The molecule has 2 aliphatic rings. The van der Waals surface area contributed by atoms with Gasteiger partial charge < -0.3 is 5.32 Å². The van der Waals surface area contributed by atoms with Gasteiger partial charge in [-0.25, -0.2) is 0 Å². The van der Waals surface area contributed by atoms with Crippen LogP contribution >= 0.6 is 0 Å². The largest absolute Gasteiger partial charge is 0.305 e. The number of nitrogens with one attached hydrogen (secondary N) is 1. The van der Waals surface area contributed by atoms with E-state index in [1.807, 2.05) is 0 Å². The highest BCUT2D eigenvalue weighted by molar-refractivity contribution is 5.03. The van der Waals surface area contributed by atoms with Crippen molar-refractivity contribution in [2.45, 2.75) is 57.5 Å². The predicted molar refractivity (Wildman–Crippen MR) is 56.7 cm³/mol. The highest BCUT2D eigenvalue weighted by Gasteiger charge is 2.38. The third kappa shape index (κ3) is 2.34. The Labute approximate surface area is 81.6 Å². The van der Waals surface area contributed by atoms with E-state index in [1.54, 1.807) is 0 Å². The van der Waals surface area contributed by atoms with Crippen LogP contribution < -0.4 is 5.32 Å². The van der Waals surface area contributed by atoms with E-state index >= 15 is 0 Å². The van der Waals surface area contributed by atoms with Crippen molar-refractivity contribution in [3.8, 4) is 0 Å². The molecule has 1 N–H and O–H groups in total. The lowest BCUT2D eigenvalue weighted by molar-refractivity contribution is 0.306. The molecule has 13 heavy (non-hydrogen) atoms. The fourth-order valence-electron chi connectivity index (χ4n) is 2.33. The van der Waals surface area contributed by atoms with Crippen LogP contribution in [0.1, 0.15) is 46.0 Å². The Kier molecular flexibility index (Phi) is 2.46. The van der Waals surface area contributed by atoms with Crippen molar-refractivity contribution in [2.75, 3.05) is 0 Å². The molecular weight excluding hydrogens is 158 g/mol. The Morgan fingerprint density at radius 3 is 2.54 bits per heavy atom. The van der Waals surface area contributed by atoms with Crippen LogP contribution in [0.2, 0.25) is 0 Å². The van der Waals surface area contributed by atoms with Crippen LogP contribution in [0, 0.1) is 5.92 Å². The molecule has 0 spiro atoms. The lowest BCUT2D eigenvalue weighted by Crippen LogP contribution is -2.47. The molecule has 0 aromatic carbocycles. The van der Waals surface area contributed by atoms with Gasteiger partial charge in [-0.05, 0) is 51.9 Å². The fraction of sp³-hybridized carbons (Fsp3) is 0.833. The maximum absolute atomic E-state index is 3.77. The zero-order valence-electron chi connectivity index (χ0n) is 8.84. The maximum atomic E-state index is 3.77. The fourth-order valence-corrected chi connectivity index (χ4v) is 2.33. The van der Waals surface area contributed by atoms with E-state index in [-0.39, 0.29) is 0 Å². The molecule has 0 aliphatic heterocycles. The first-order valence-electron chi connectivity index (χ1n) is 5.63. The smallest absolute Gasteiger partial charge is 0.0255 e. The van der Waals surface area contributed by atoms with Crippen LogP contribution in [0.5, 0.6) is 0 Å². The SMILES string of the molecule is CC(C)(NC1C=CCCC1)C1CC1. The van der Waals surface area contributed by atoms with E-state index in [9.17, 15) is 0 Å². The van der Waals surface area contributed by atoms with Crippen molar-refractivity contribution in [3.63, 3.8) is 0 Å². The van der Waals surface area contributed by atoms with E-state index in [2.05, 4.69) is 31.3 Å². The molecule has 1 heteroatoms. The topological polar surface area (TPSA) is 12.0 Å². The van der Waals surface area contributed by atoms with Gasteiger partial charge in [0.05, 0.1) is 0 Å². The van der Waals surface area contributed by atoms with Crippen molar-refractivity contribution in [1.82, 2.24) is 5.32 Å². The van der Waals surface area contributed by atoms with Gasteiger partial charge in [-0.1, -0.05) is 12.2 Å². The zero-order valence-corrected chi connectivity index (χ0v) is 8.84. The molecule has 2 aliphatic carbocycles. The zero-order chi connectivity index (χ0) is 9.31. The van der Waals surface area contributed by atoms with Crippen molar-refractivity contribution in [3.05, 3.63) is 12.2 Å². The molecule has 0 aromatic heterocycles. The quantitative estimate of drug-likeness (QED) is 0.657. The summed E-state index contributed by atoms with van der Waals surface area (Å²) < 4.78 is 0. The van der Waals surface area contributed by atoms with E-state index in [0.29, 0.717) is 11.6 Å². The van der Waals surface area contributed by atoms with Crippen LogP contribution in [0.4, 0.5) is 0 Å². The third-order valence-corrected chi connectivity index (χ3v) is 3.41. The molecule has 1 atom stereocenters. The first kappa shape index (κ1) is 9.26.